The molecular formula is C36H38F6O4. The number of aliphatic hydroxyl groups excluding tert-OH is 1. The van der Waals surface area contributed by atoms with Crippen LogP contribution in [0.4, 0.5) is 26.3 Å². The lowest BCUT2D eigenvalue weighted by molar-refractivity contribution is -0.157. The molecule has 0 bridgehead atoms. The van der Waals surface area contributed by atoms with Crippen LogP contribution in [0, 0.1) is 40.8 Å². The number of hydrogen-bond donors (Lipinski definition) is 1. The second-order valence-corrected chi connectivity index (χ2v) is 12.3. The maximum atomic E-state index is 15.2. The average molecular weight is 649 g/mol. The van der Waals surface area contributed by atoms with Crippen LogP contribution in [0.1, 0.15) is 106 Å². The Morgan fingerprint density at radius 1 is 0.696 bits per heavy atom. The summed E-state index contributed by atoms with van der Waals surface area (Å²) in [5, 5.41) is 9.93. The Balaban J connectivity index is 1.15. The molecule has 3 aromatic rings. The molecule has 5 rings (SSSR count). The van der Waals surface area contributed by atoms with E-state index in [-0.39, 0.29) is 59.4 Å². The van der Waals surface area contributed by atoms with Gasteiger partial charge >= 0.3 is 5.97 Å². The Morgan fingerprint density at radius 3 is 1.80 bits per heavy atom. The molecule has 3 aromatic carbocycles. The molecule has 0 saturated heterocycles. The van der Waals surface area contributed by atoms with Crippen LogP contribution >= 0.6 is 0 Å². The minimum Gasteiger partial charge on any atom is -0.491 e. The third kappa shape index (κ3) is 6.77. The third-order valence-corrected chi connectivity index (χ3v) is 9.53. The number of hydrogen-bond acceptors (Lipinski definition) is 4. The van der Waals surface area contributed by atoms with Crippen LogP contribution in [0.5, 0.6) is 5.75 Å². The normalized spacial score (nSPS) is 22.4. The van der Waals surface area contributed by atoms with Gasteiger partial charge in [-0.05, 0) is 99.8 Å². The highest BCUT2D eigenvalue weighted by Crippen LogP contribution is 2.42. The highest BCUT2D eigenvalue weighted by Gasteiger charge is 2.34. The van der Waals surface area contributed by atoms with Gasteiger partial charge in [0.25, 0.3) is 0 Å². The number of aliphatic hydroxyl groups is 1. The first-order chi connectivity index (χ1) is 22.0. The third-order valence-electron chi connectivity index (χ3n) is 9.53. The van der Waals surface area contributed by atoms with E-state index in [4.69, 9.17) is 9.47 Å². The monoisotopic (exact) mass is 648 g/mol. The van der Waals surface area contributed by atoms with Crippen molar-refractivity contribution in [1.82, 2.24) is 0 Å². The van der Waals surface area contributed by atoms with Gasteiger partial charge in [0.15, 0.2) is 34.8 Å². The van der Waals surface area contributed by atoms with Crippen LogP contribution in [-0.4, -0.2) is 23.8 Å². The molecule has 0 spiro atoms. The molecule has 0 heterocycles. The summed E-state index contributed by atoms with van der Waals surface area (Å²) in [4.78, 5) is 13.0. The zero-order valence-corrected chi connectivity index (χ0v) is 25.9. The van der Waals surface area contributed by atoms with Gasteiger partial charge in [-0.2, -0.15) is 4.39 Å². The van der Waals surface area contributed by atoms with E-state index in [1.807, 2.05) is 0 Å². The molecule has 2 fully saturated rings. The molecule has 248 valence electrons. The molecule has 0 aromatic heterocycles. The van der Waals surface area contributed by atoms with Gasteiger partial charge < -0.3 is 14.6 Å². The van der Waals surface area contributed by atoms with E-state index >= 15 is 8.78 Å². The van der Waals surface area contributed by atoms with Crippen LogP contribution in [0.3, 0.4) is 0 Å². The summed E-state index contributed by atoms with van der Waals surface area (Å²) in [7, 11) is 0. The lowest BCUT2D eigenvalue weighted by Crippen LogP contribution is -2.30. The van der Waals surface area contributed by atoms with Crippen molar-refractivity contribution in [2.24, 2.45) is 5.92 Å². The number of esters is 1. The molecule has 10 heteroatoms. The first-order valence-electron chi connectivity index (χ1n) is 16.0. The van der Waals surface area contributed by atoms with E-state index in [2.05, 4.69) is 0 Å². The molecule has 0 radical (unpaired) electrons. The molecule has 4 nitrogen and oxygen atoms in total. The van der Waals surface area contributed by atoms with E-state index in [9.17, 15) is 27.5 Å². The number of halogens is 6. The van der Waals surface area contributed by atoms with Gasteiger partial charge in [-0.1, -0.05) is 31.2 Å². The van der Waals surface area contributed by atoms with Crippen LogP contribution in [0.15, 0.2) is 36.4 Å². The molecule has 2 aliphatic carbocycles. The van der Waals surface area contributed by atoms with Gasteiger partial charge in [0.2, 0.25) is 5.82 Å². The van der Waals surface area contributed by atoms with Gasteiger partial charge in [-0.3, -0.25) is 4.79 Å². The molecule has 2 saturated carbocycles. The zero-order chi connectivity index (χ0) is 33.1. The number of benzene rings is 3. The van der Waals surface area contributed by atoms with Crippen LogP contribution in [-0.2, 0) is 9.53 Å². The van der Waals surface area contributed by atoms with Crippen molar-refractivity contribution in [2.75, 3.05) is 6.61 Å². The summed E-state index contributed by atoms with van der Waals surface area (Å²) in [6.45, 7) is 3.41. The average Bonchev–Trinajstić information content (AvgIpc) is 3.06. The van der Waals surface area contributed by atoms with Gasteiger partial charge in [-0.25, -0.2) is 22.0 Å². The molecule has 1 atom stereocenters. The van der Waals surface area contributed by atoms with Crippen molar-refractivity contribution in [1.29, 1.82) is 0 Å². The van der Waals surface area contributed by atoms with Crippen molar-refractivity contribution in [3.63, 3.8) is 0 Å². The summed E-state index contributed by atoms with van der Waals surface area (Å²) < 4.78 is 99.6. The number of rotatable bonds is 9. The fourth-order valence-electron chi connectivity index (χ4n) is 6.86. The molecule has 2 aliphatic rings. The highest BCUT2D eigenvalue weighted by atomic mass is 19.2. The Labute approximate surface area is 264 Å². The molecule has 0 aliphatic heterocycles. The van der Waals surface area contributed by atoms with Gasteiger partial charge in [0.05, 0.1) is 18.6 Å². The molecule has 1 N–H and O–H groups in total. The summed E-state index contributed by atoms with van der Waals surface area (Å²) in [6.07, 6.45) is 2.57. The van der Waals surface area contributed by atoms with Crippen molar-refractivity contribution in [3.8, 4) is 16.9 Å². The van der Waals surface area contributed by atoms with E-state index in [0.717, 1.165) is 6.07 Å². The smallest absolute Gasteiger partial charge is 0.309 e. The zero-order valence-electron chi connectivity index (χ0n) is 25.9. The quantitative estimate of drug-likeness (QED) is 0.186. The maximum Gasteiger partial charge on any atom is 0.309 e. The summed E-state index contributed by atoms with van der Waals surface area (Å²) >= 11 is 0. The lowest BCUT2D eigenvalue weighted by Gasteiger charge is -2.32. The van der Waals surface area contributed by atoms with Crippen molar-refractivity contribution >= 4 is 5.97 Å². The minimum atomic E-state index is -1.33. The van der Waals surface area contributed by atoms with Crippen LogP contribution in [0.25, 0.3) is 11.1 Å². The minimum absolute atomic E-state index is 0.0537. The maximum absolute atomic E-state index is 15.2. The predicted octanol–water partition coefficient (Wildman–Crippen LogP) is 9.57. The summed E-state index contributed by atoms with van der Waals surface area (Å²) in [5.41, 5.74) is -0.471. The summed E-state index contributed by atoms with van der Waals surface area (Å²) in [5.74, 6) is -8.60. The van der Waals surface area contributed by atoms with Crippen LogP contribution < -0.4 is 4.74 Å². The standard InChI is InChI=1S/C36H38F6O4/c1-3-28(43)27-16-14-24(31(38)34(27)41)20-9-11-22(12-10-20)46-36(44)21-7-5-19(6-8-21)23-13-15-25(32(39)30(23)37)26-17-18-29(45-4-2)35(42)33(26)40/h13-22,28,43H,3-12H2,1-2H3. The van der Waals surface area contributed by atoms with Crippen LogP contribution in [0.2, 0.25) is 0 Å². The van der Waals surface area contributed by atoms with Gasteiger partial charge in [-0.15, -0.1) is 0 Å². The summed E-state index contributed by atoms with van der Waals surface area (Å²) in [6, 6.07) is 7.92. The number of ether oxygens (including phenoxy) is 2. The van der Waals surface area contributed by atoms with Crippen molar-refractivity contribution in [3.05, 3.63) is 88.0 Å². The molecular weight excluding hydrogens is 610 g/mol. The Bertz CT molecular complexity index is 1560. The van der Waals surface area contributed by atoms with Crippen molar-refractivity contribution in [2.45, 2.75) is 95.7 Å². The van der Waals surface area contributed by atoms with Gasteiger partial charge in [0.1, 0.15) is 6.10 Å². The highest BCUT2D eigenvalue weighted by molar-refractivity contribution is 5.73. The fraction of sp³-hybridized carbons (Fsp3) is 0.472. The number of carbonyl (C=O) groups is 1. The number of carbonyl (C=O) groups excluding carboxylic acids is 1. The first-order valence-corrected chi connectivity index (χ1v) is 16.0. The largest absolute Gasteiger partial charge is 0.491 e. The lowest BCUT2D eigenvalue weighted by atomic mass is 9.78. The van der Waals surface area contributed by atoms with Crippen molar-refractivity contribution < 1.29 is 45.7 Å². The second-order valence-electron chi connectivity index (χ2n) is 12.3. The molecule has 46 heavy (non-hydrogen) atoms. The predicted molar refractivity (Wildman–Crippen MR) is 160 cm³/mol. The van der Waals surface area contributed by atoms with E-state index in [1.165, 1.54) is 30.3 Å². The van der Waals surface area contributed by atoms with E-state index in [0.29, 0.717) is 51.4 Å². The van der Waals surface area contributed by atoms with Gasteiger partial charge in [0, 0.05) is 16.7 Å². The first kappa shape index (κ1) is 33.8. The Morgan fingerprint density at radius 2 is 1.22 bits per heavy atom. The molecule has 0 amide bonds. The Kier molecular flexibility index (Phi) is 10.7. The van der Waals surface area contributed by atoms with E-state index in [1.54, 1.807) is 13.8 Å². The fourth-order valence-corrected chi connectivity index (χ4v) is 6.86. The Hall–Kier alpha value is -3.53. The molecule has 1 unspecified atom stereocenters. The van der Waals surface area contributed by atoms with E-state index < -0.39 is 58.1 Å². The topological polar surface area (TPSA) is 55.8 Å². The second kappa shape index (κ2) is 14.5. The SMILES string of the molecule is CCOc1ccc(-c2ccc(C3CCC(C(=O)OC4CCC(c5ccc(C(O)CC)c(F)c5F)CC4)CC3)c(F)c2F)c(F)c1F.